The zero-order valence-corrected chi connectivity index (χ0v) is 17.9. The number of fused-ring (bicyclic) bond motifs is 1. The molecule has 168 valence electrons. The highest BCUT2D eigenvalue weighted by Gasteiger charge is 2.12. The highest BCUT2D eigenvalue weighted by molar-refractivity contribution is 5.88. The number of benzene rings is 3. The van der Waals surface area contributed by atoms with Crippen molar-refractivity contribution in [1.82, 2.24) is 4.57 Å². The maximum absolute atomic E-state index is 11.3. The van der Waals surface area contributed by atoms with Crippen LogP contribution in [0, 0.1) is 0 Å². The lowest BCUT2D eigenvalue weighted by Crippen LogP contribution is -2.03. The van der Waals surface area contributed by atoms with Crippen molar-refractivity contribution in [3.63, 3.8) is 0 Å². The minimum Gasteiger partial charge on any atom is -0.489 e. The van der Waals surface area contributed by atoms with Crippen LogP contribution in [0.5, 0.6) is 5.75 Å². The predicted molar refractivity (Wildman–Crippen MR) is 125 cm³/mol. The van der Waals surface area contributed by atoms with Crippen LogP contribution in [0.15, 0.2) is 72.9 Å². The molecule has 0 unspecified atom stereocenters. The summed E-state index contributed by atoms with van der Waals surface area (Å²) in [7, 11) is 0. The minimum atomic E-state index is -0.959. The minimum absolute atomic E-state index is 0.238. The molecule has 0 fully saturated rings. The van der Waals surface area contributed by atoms with Gasteiger partial charge in [0.25, 0.3) is 0 Å². The van der Waals surface area contributed by atoms with Crippen LogP contribution < -0.4 is 10.5 Å². The predicted octanol–water partition coefficient (Wildman–Crippen LogP) is 4.17. The van der Waals surface area contributed by atoms with E-state index >= 15 is 0 Å². The first kappa shape index (κ1) is 22.1. The summed E-state index contributed by atoms with van der Waals surface area (Å²) >= 11 is 0. The molecule has 33 heavy (non-hydrogen) atoms. The number of ether oxygens (including phenoxy) is 1. The topological polar surface area (TPSA) is 115 Å². The molecular weight excluding hydrogens is 420 g/mol. The van der Waals surface area contributed by atoms with E-state index in [4.69, 9.17) is 15.6 Å². The number of aromatic nitrogens is 1. The third-order valence-corrected chi connectivity index (χ3v) is 5.48. The summed E-state index contributed by atoms with van der Waals surface area (Å²) in [5.41, 5.74) is 10.2. The number of carboxylic acids is 2. The van der Waals surface area contributed by atoms with E-state index in [0.717, 1.165) is 27.6 Å². The first-order chi connectivity index (χ1) is 15.9. The highest BCUT2D eigenvalue weighted by Crippen LogP contribution is 2.28. The SMILES string of the molecule is NCCc1cn(Cc2cccc(C(=O)O)c2)c2ccc(OCc3ccc(C(=O)O)cc3)cc12. The number of nitrogens with two attached hydrogens (primary N) is 1. The number of carboxylic acid groups (broad SMARTS) is 2. The van der Waals surface area contributed by atoms with Crippen LogP contribution in [-0.4, -0.2) is 33.3 Å². The molecule has 0 spiro atoms. The summed E-state index contributed by atoms with van der Waals surface area (Å²) in [5, 5.41) is 19.3. The number of nitrogens with zero attached hydrogens (tertiary/aromatic N) is 1. The quantitative estimate of drug-likeness (QED) is 0.357. The normalized spacial score (nSPS) is 10.9. The molecule has 0 aliphatic rings. The van der Waals surface area contributed by atoms with Gasteiger partial charge in [-0.1, -0.05) is 24.3 Å². The van der Waals surface area contributed by atoms with Gasteiger partial charge in [-0.2, -0.15) is 0 Å². The van der Waals surface area contributed by atoms with Gasteiger partial charge in [-0.05, 0) is 72.1 Å². The van der Waals surface area contributed by atoms with Crippen LogP contribution in [-0.2, 0) is 19.6 Å². The number of aromatic carboxylic acids is 2. The van der Waals surface area contributed by atoms with Crippen LogP contribution in [0.1, 0.15) is 37.4 Å². The Labute approximate surface area is 190 Å². The van der Waals surface area contributed by atoms with Crippen molar-refractivity contribution in [2.24, 2.45) is 5.73 Å². The molecule has 0 saturated carbocycles. The van der Waals surface area contributed by atoms with E-state index < -0.39 is 11.9 Å². The second kappa shape index (κ2) is 9.58. The molecule has 0 atom stereocenters. The molecule has 1 aromatic heterocycles. The van der Waals surface area contributed by atoms with E-state index in [1.54, 1.807) is 42.5 Å². The Morgan fingerprint density at radius 1 is 0.879 bits per heavy atom. The van der Waals surface area contributed by atoms with Crippen LogP contribution in [0.25, 0.3) is 10.9 Å². The molecule has 7 nitrogen and oxygen atoms in total. The molecule has 0 bridgehead atoms. The fraction of sp³-hybridized carbons (Fsp3) is 0.154. The van der Waals surface area contributed by atoms with Crippen molar-refractivity contribution in [2.75, 3.05) is 6.54 Å². The highest BCUT2D eigenvalue weighted by atomic mass is 16.5. The van der Waals surface area contributed by atoms with Crippen LogP contribution >= 0.6 is 0 Å². The van der Waals surface area contributed by atoms with Crippen LogP contribution in [0.3, 0.4) is 0 Å². The van der Waals surface area contributed by atoms with Crippen LogP contribution in [0.2, 0.25) is 0 Å². The smallest absolute Gasteiger partial charge is 0.335 e. The van der Waals surface area contributed by atoms with Crippen molar-refractivity contribution < 1.29 is 24.5 Å². The van der Waals surface area contributed by atoms with Gasteiger partial charge >= 0.3 is 11.9 Å². The van der Waals surface area contributed by atoms with E-state index in [0.29, 0.717) is 31.9 Å². The monoisotopic (exact) mass is 444 g/mol. The third-order valence-electron chi connectivity index (χ3n) is 5.48. The first-order valence-corrected chi connectivity index (χ1v) is 10.5. The van der Waals surface area contributed by atoms with E-state index in [1.165, 1.54) is 0 Å². The molecule has 4 N–H and O–H groups in total. The molecule has 1 heterocycles. The van der Waals surface area contributed by atoms with Gasteiger partial charge in [0.05, 0.1) is 11.1 Å². The Balaban J connectivity index is 1.57. The van der Waals surface area contributed by atoms with Gasteiger partial charge in [-0.25, -0.2) is 9.59 Å². The molecule has 0 radical (unpaired) electrons. The van der Waals surface area contributed by atoms with Gasteiger partial charge in [0.15, 0.2) is 0 Å². The number of hydrogen-bond acceptors (Lipinski definition) is 4. The van der Waals surface area contributed by atoms with Crippen LogP contribution in [0.4, 0.5) is 0 Å². The Hall–Kier alpha value is -4.10. The van der Waals surface area contributed by atoms with Gasteiger partial charge in [0, 0.05) is 23.6 Å². The summed E-state index contributed by atoms with van der Waals surface area (Å²) in [5.74, 6) is -1.20. The maximum Gasteiger partial charge on any atom is 0.335 e. The van der Waals surface area contributed by atoms with E-state index in [2.05, 4.69) is 10.8 Å². The summed E-state index contributed by atoms with van der Waals surface area (Å²) in [6.45, 7) is 1.37. The van der Waals surface area contributed by atoms with Gasteiger partial charge in [0.1, 0.15) is 12.4 Å². The number of carbonyl (C=O) groups is 2. The molecule has 4 aromatic rings. The largest absolute Gasteiger partial charge is 0.489 e. The fourth-order valence-electron chi connectivity index (χ4n) is 3.83. The summed E-state index contributed by atoms with van der Waals surface area (Å²) in [6.07, 6.45) is 2.76. The lowest BCUT2D eigenvalue weighted by molar-refractivity contribution is 0.0686. The second-order valence-electron chi connectivity index (χ2n) is 7.80. The second-order valence-corrected chi connectivity index (χ2v) is 7.80. The third kappa shape index (κ3) is 5.05. The number of hydrogen-bond donors (Lipinski definition) is 3. The lowest BCUT2D eigenvalue weighted by atomic mass is 10.1. The van der Waals surface area contributed by atoms with Crippen molar-refractivity contribution in [3.05, 3.63) is 101 Å². The van der Waals surface area contributed by atoms with Gasteiger partial charge in [-0.3, -0.25) is 0 Å². The average Bonchev–Trinajstić information content (AvgIpc) is 3.14. The molecule has 0 saturated heterocycles. The van der Waals surface area contributed by atoms with Crippen molar-refractivity contribution >= 4 is 22.8 Å². The van der Waals surface area contributed by atoms with Crippen molar-refractivity contribution in [1.29, 1.82) is 0 Å². The molecule has 4 rings (SSSR count). The average molecular weight is 444 g/mol. The van der Waals surface area contributed by atoms with Crippen molar-refractivity contribution in [2.45, 2.75) is 19.6 Å². The molecular formula is C26H24N2O5. The maximum atomic E-state index is 11.3. The van der Waals surface area contributed by atoms with Gasteiger partial charge < -0.3 is 25.3 Å². The van der Waals surface area contributed by atoms with E-state index in [1.807, 2.05) is 24.3 Å². The van der Waals surface area contributed by atoms with E-state index in [-0.39, 0.29) is 11.1 Å². The van der Waals surface area contributed by atoms with E-state index in [9.17, 15) is 14.7 Å². The Kier molecular flexibility index (Phi) is 6.42. The molecule has 3 aromatic carbocycles. The Morgan fingerprint density at radius 2 is 1.64 bits per heavy atom. The first-order valence-electron chi connectivity index (χ1n) is 10.5. The summed E-state index contributed by atoms with van der Waals surface area (Å²) < 4.78 is 8.04. The Bertz CT molecular complexity index is 1310. The summed E-state index contributed by atoms with van der Waals surface area (Å²) in [6, 6.07) is 19.4. The molecule has 0 amide bonds. The fourth-order valence-corrected chi connectivity index (χ4v) is 3.83. The Morgan fingerprint density at radius 3 is 2.33 bits per heavy atom. The zero-order valence-electron chi connectivity index (χ0n) is 17.9. The molecule has 0 aliphatic heterocycles. The molecule has 0 aliphatic carbocycles. The van der Waals surface area contributed by atoms with Gasteiger partial charge in [-0.15, -0.1) is 0 Å². The number of rotatable bonds is 9. The standard InChI is InChI=1S/C26H24N2O5/c27-11-10-21-15-28(14-18-2-1-3-20(12-18)26(31)32)24-9-8-22(13-23(21)24)33-16-17-4-6-19(7-5-17)25(29)30/h1-9,12-13,15H,10-11,14,16,27H2,(H,29,30)(H,31,32). The van der Waals surface area contributed by atoms with Gasteiger partial charge in [0.2, 0.25) is 0 Å². The lowest BCUT2D eigenvalue weighted by Gasteiger charge is -2.09. The molecule has 7 heteroatoms. The van der Waals surface area contributed by atoms with Crippen molar-refractivity contribution in [3.8, 4) is 5.75 Å². The summed E-state index contributed by atoms with van der Waals surface area (Å²) in [4.78, 5) is 22.3. The zero-order chi connectivity index (χ0) is 23.4.